The van der Waals surface area contributed by atoms with Gasteiger partial charge in [-0.2, -0.15) is 5.26 Å². The zero-order chi connectivity index (χ0) is 16.1. The minimum absolute atomic E-state index is 0.0591. The van der Waals surface area contributed by atoms with Crippen LogP contribution in [-0.2, 0) is 9.53 Å². The summed E-state index contributed by atoms with van der Waals surface area (Å²) in [7, 11) is 0. The van der Waals surface area contributed by atoms with E-state index in [1.165, 1.54) is 0 Å². The van der Waals surface area contributed by atoms with E-state index in [2.05, 4.69) is 21.3 Å². The lowest BCUT2D eigenvalue weighted by Crippen LogP contribution is -2.52. The van der Waals surface area contributed by atoms with E-state index in [0.717, 1.165) is 43.7 Å². The van der Waals surface area contributed by atoms with Gasteiger partial charge in [-0.25, -0.2) is 4.98 Å². The molecule has 6 nitrogen and oxygen atoms in total. The lowest BCUT2D eigenvalue weighted by molar-refractivity contribution is -0.126. The summed E-state index contributed by atoms with van der Waals surface area (Å²) in [6.45, 7) is 2.31. The molecule has 2 fully saturated rings. The van der Waals surface area contributed by atoms with E-state index in [0.29, 0.717) is 19.7 Å². The maximum Gasteiger partial charge on any atom is 0.235 e. The molecule has 0 bridgehead atoms. The quantitative estimate of drug-likeness (QED) is 0.909. The Bertz CT molecular complexity index is 563. The standard InChI is InChI=1S/C16H22N4O2S/c17-12-16(4-2-1-3-5-16)19-14(21)11-20-7-8-22-13(10-20)15-18-6-9-23-15/h6,9,13H,1-5,7-8,10-11H2,(H,19,21)/t13-/m1/s1. The van der Waals surface area contributed by atoms with Crippen LogP contribution in [0.25, 0.3) is 0 Å². The highest BCUT2D eigenvalue weighted by atomic mass is 32.1. The highest BCUT2D eigenvalue weighted by molar-refractivity contribution is 7.09. The van der Waals surface area contributed by atoms with E-state index in [1.54, 1.807) is 17.5 Å². The van der Waals surface area contributed by atoms with Crippen molar-refractivity contribution >= 4 is 17.2 Å². The van der Waals surface area contributed by atoms with Crippen LogP contribution in [0.1, 0.15) is 43.2 Å². The monoisotopic (exact) mass is 334 g/mol. The lowest BCUT2D eigenvalue weighted by Gasteiger charge is -2.34. The van der Waals surface area contributed by atoms with Crippen LogP contribution in [-0.4, -0.2) is 47.6 Å². The molecule has 1 aromatic heterocycles. The largest absolute Gasteiger partial charge is 0.368 e. The third-order valence-corrected chi connectivity index (χ3v) is 5.41. The van der Waals surface area contributed by atoms with Gasteiger partial charge in [0, 0.05) is 24.7 Å². The molecule has 1 saturated carbocycles. The number of aromatic nitrogens is 1. The first-order chi connectivity index (χ1) is 11.2. The second kappa shape index (κ2) is 7.39. The van der Waals surface area contributed by atoms with E-state index in [-0.39, 0.29) is 12.0 Å². The molecule has 124 valence electrons. The number of hydrogen-bond acceptors (Lipinski definition) is 6. The SMILES string of the molecule is N#CC1(NC(=O)CN2CCO[C@@H](c3nccs3)C2)CCCCC1. The maximum absolute atomic E-state index is 12.4. The molecule has 2 aliphatic rings. The summed E-state index contributed by atoms with van der Waals surface area (Å²) < 4.78 is 5.75. The van der Waals surface area contributed by atoms with Gasteiger partial charge in [-0.05, 0) is 12.8 Å². The van der Waals surface area contributed by atoms with Crippen molar-refractivity contribution in [3.05, 3.63) is 16.6 Å². The second-order valence-electron chi connectivity index (χ2n) is 6.27. The van der Waals surface area contributed by atoms with Crippen LogP contribution in [0, 0.1) is 11.3 Å². The molecule has 0 aromatic carbocycles. The summed E-state index contributed by atoms with van der Waals surface area (Å²) in [4.78, 5) is 18.8. The number of nitriles is 1. The Labute approximate surface area is 140 Å². The van der Waals surface area contributed by atoms with E-state index in [9.17, 15) is 10.1 Å². The Morgan fingerprint density at radius 2 is 2.35 bits per heavy atom. The third-order valence-electron chi connectivity index (χ3n) is 4.54. The molecule has 1 amide bonds. The van der Waals surface area contributed by atoms with E-state index in [4.69, 9.17) is 4.74 Å². The van der Waals surface area contributed by atoms with E-state index in [1.807, 2.05) is 5.38 Å². The van der Waals surface area contributed by atoms with Crippen LogP contribution >= 0.6 is 11.3 Å². The number of carbonyl (C=O) groups excluding carboxylic acids is 1. The predicted molar refractivity (Wildman–Crippen MR) is 86.8 cm³/mol. The first kappa shape index (κ1) is 16.4. The van der Waals surface area contributed by atoms with Crippen LogP contribution in [0.2, 0.25) is 0 Å². The van der Waals surface area contributed by atoms with Crippen molar-refractivity contribution in [3.63, 3.8) is 0 Å². The number of nitrogens with zero attached hydrogens (tertiary/aromatic N) is 3. The molecular weight excluding hydrogens is 312 g/mol. The van der Waals surface area contributed by atoms with Crippen LogP contribution < -0.4 is 5.32 Å². The number of nitrogens with one attached hydrogen (secondary N) is 1. The molecule has 0 unspecified atom stereocenters. The molecule has 1 aliphatic carbocycles. The fourth-order valence-electron chi connectivity index (χ4n) is 3.32. The van der Waals surface area contributed by atoms with Gasteiger partial charge >= 0.3 is 0 Å². The Morgan fingerprint density at radius 3 is 3.04 bits per heavy atom. The molecule has 7 heteroatoms. The second-order valence-corrected chi connectivity index (χ2v) is 7.19. The van der Waals surface area contributed by atoms with Gasteiger partial charge in [0.1, 0.15) is 16.7 Å². The normalized spacial score (nSPS) is 24.7. The lowest BCUT2D eigenvalue weighted by atomic mass is 9.83. The zero-order valence-electron chi connectivity index (χ0n) is 13.2. The molecule has 1 aromatic rings. The summed E-state index contributed by atoms with van der Waals surface area (Å²) in [5, 5.41) is 15.3. The van der Waals surface area contributed by atoms with Crippen molar-refractivity contribution in [1.82, 2.24) is 15.2 Å². The van der Waals surface area contributed by atoms with Gasteiger partial charge in [-0.15, -0.1) is 11.3 Å². The Kier molecular flexibility index (Phi) is 5.26. The van der Waals surface area contributed by atoms with Crippen molar-refractivity contribution in [3.8, 4) is 6.07 Å². The van der Waals surface area contributed by atoms with Crippen molar-refractivity contribution in [1.29, 1.82) is 5.26 Å². The van der Waals surface area contributed by atoms with Crippen LogP contribution in [0.3, 0.4) is 0 Å². The van der Waals surface area contributed by atoms with Gasteiger partial charge in [0.15, 0.2) is 0 Å². The Morgan fingerprint density at radius 1 is 1.52 bits per heavy atom. The molecule has 3 rings (SSSR count). The molecule has 2 heterocycles. The minimum Gasteiger partial charge on any atom is -0.368 e. The molecule has 1 aliphatic heterocycles. The molecule has 1 N–H and O–H groups in total. The number of amides is 1. The van der Waals surface area contributed by atoms with Crippen molar-refractivity contribution in [2.75, 3.05) is 26.2 Å². The number of hydrogen-bond donors (Lipinski definition) is 1. The summed E-state index contributed by atoms with van der Waals surface area (Å²) >= 11 is 1.58. The maximum atomic E-state index is 12.4. The van der Waals surface area contributed by atoms with Crippen molar-refractivity contribution < 1.29 is 9.53 Å². The smallest absolute Gasteiger partial charge is 0.235 e. The molecule has 1 atom stereocenters. The minimum atomic E-state index is -0.656. The average molecular weight is 334 g/mol. The summed E-state index contributed by atoms with van der Waals surface area (Å²) in [6, 6.07) is 2.33. The summed E-state index contributed by atoms with van der Waals surface area (Å²) in [5.74, 6) is -0.0618. The first-order valence-electron chi connectivity index (χ1n) is 8.16. The van der Waals surface area contributed by atoms with Gasteiger partial charge in [0.2, 0.25) is 5.91 Å². The van der Waals surface area contributed by atoms with Crippen LogP contribution in [0.5, 0.6) is 0 Å². The first-order valence-corrected chi connectivity index (χ1v) is 9.04. The number of thiazole rings is 1. The van der Waals surface area contributed by atoms with Crippen molar-refractivity contribution in [2.24, 2.45) is 0 Å². The fraction of sp³-hybridized carbons (Fsp3) is 0.688. The molecule has 23 heavy (non-hydrogen) atoms. The fourth-order valence-corrected chi connectivity index (χ4v) is 4.00. The number of morpholine rings is 1. The highest BCUT2D eigenvalue weighted by Gasteiger charge is 2.34. The van der Waals surface area contributed by atoms with E-state index < -0.39 is 5.54 Å². The third kappa shape index (κ3) is 4.08. The molecule has 0 spiro atoms. The van der Waals surface area contributed by atoms with Gasteiger partial charge in [0.25, 0.3) is 0 Å². The van der Waals surface area contributed by atoms with Crippen LogP contribution in [0.15, 0.2) is 11.6 Å². The van der Waals surface area contributed by atoms with Gasteiger partial charge < -0.3 is 10.1 Å². The van der Waals surface area contributed by atoms with Gasteiger partial charge in [-0.1, -0.05) is 19.3 Å². The van der Waals surface area contributed by atoms with Gasteiger partial charge in [0.05, 0.1) is 19.2 Å². The van der Waals surface area contributed by atoms with E-state index >= 15 is 0 Å². The average Bonchev–Trinajstić information content (AvgIpc) is 3.10. The molecule has 1 saturated heterocycles. The Hall–Kier alpha value is -1.49. The number of ether oxygens (including phenoxy) is 1. The molecule has 0 radical (unpaired) electrons. The molecular formula is C16H22N4O2S. The summed E-state index contributed by atoms with van der Waals surface area (Å²) in [5.41, 5.74) is -0.656. The Balaban J connectivity index is 1.54. The van der Waals surface area contributed by atoms with Gasteiger partial charge in [-0.3, -0.25) is 9.69 Å². The highest BCUT2D eigenvalue weighted by Crippen LogP contribution is 2.28. The summed E-state index contributed by atoms with van der Waals surface area (Å²) in [6.07, 6.45) is 6.42. The number of rotatable bonds is 4. The van der Waals surface area contributed by atoms with Crippen LogP contribution in [0.4, 0.5) is 0 Å². The predicted octanol–water partition coefficient (Wildman–Crippen LogP) is 1.86. The number of carbonyl (C=O) groups is 1. The topological polar surface area (TPSA) is 78.2 Å². The zero-order valence-corrected chi connectivity index (χ0v) is 14.0. The van der Waals surface area contributed by atoms with Crippen molar-refractivity contribution in [2.45, 2.75) is 43.7 Å².